The van der Waals surface area contributed by atoms with Gasteiger partial charge in [0.05, 0.1) is 0 Å². The van der Waals surface area contributed by atoms with E-state index in [2.05, 4.69) is 81.5 Å². The molecule has 0 heterocycles. The fourth-order valence-electron chi connectivity index (χ4n) is 7.07. The maximum atomic E-state index is 12.8. The quantitative estimate of drug-likeness (QED) is 0.0200. The Hall–Kier alpha value is -2.89. The molecule has 352 valence electrons. The van der Waals surface area contributed by atoms with Crippen molar-refractivity contribution in [3.05, 3.63) is 60.8 Å². The monoisotopic (exact) mass is 853 g/mol. The summed E-state index contributed by atoms with van der Waals surface area (Å²) in [6.07, 6.45) is 60.6. The molecule has 0 aromatic carbocycles. The Labute approximate surface area is 377 Å². The van der Waals surface area contributed by atoms with E-state index < -0.39 is 6.10 Å². The standard InChI is InChI=1S/C55H96O6/c1-4-7-10-13-16-19-22-24-26-27-28-30-31-33-36-39-42-45-48-54(57)60-51-52(50-59-53(56)47-44-41-38-35-21-18-15-12-9-6-3)61-55(58)49-46-43-40-37-34-32-29-25-23-20-17-14-11-8-5-2/h15,18,20,22-24,26-28,30,52H,4-14,16-17,19,21,25,29,31-51H2,1-3H3/b18-15-,23-20-,24-22-,27-26-,30-28-. The Balaban J connectivity index is 4.40. The summed E-state index contributed by atoms with van der Waals surface area (Å²) in [6, 6.07) is 0. The Morgan fingerprint density at radius 3 is 1.02 bits per heavy atom. The van der Waals surface area contributed by atoms with Gasteiger partial charge >= 0.3 is 17.9 Å². The highest BCUT2D eigenvalue weighted by atomic mass is 16.6. The van der Waals surface area contributed by atoms with E-state index >= 15 is 0 Å². The molecule has 0 aliphatic rings. The van der Waals surface area contributed by atoms with E-state index in [0.29, 0.717) is 19.3 Å². The van der Waals surface area contributed by atoms with Gasteiger partial charge in [-0.2, -0.15) is 0 Å². The van der Waals surface area contributed by atoms with Crippen molar-refractivity contribution in [2.24, 2.45) is 0 Å². The van der Waals surface area contributed by atoms with Crippen LogP contribution >= 0.6 is 0 Å². The molecule has 0 rings (SSSR count). The highest BCUT2D eigenvalue weighted by molar-refractivity contribution is 5.71. The number of rotatable bonds is 46. The molecular formula is C55H96O6. The molecule has 0 aliphatic heterocycles. The van der Waals surface area contributed by atoms with Crippen LogP contribution in [0, 0.1) is 0 Å². The van der Waals surface area contributed by atoms with Gasteiger partial charge in [0.25, 0.3) is 0 Å². The summed E-state index contributed by atoms with van der Waals surface area (Å²) in [5.41, 5.74) is 0. The van der Waals surface area contributed by atoms with Crippen LogP contribution in [-0.2, 0) is 28.6 Å². The minimum Gasteiger partial charge on any atom is -0.462 e. The molecule has 0 aromatic rings. The van der Waals surface area contributed by atoms with Gasteiger partial charge in [-0.15, -0.1) is 0 Å². The van der Waals surface area contributed by atoms with Crippen molar-refractivity contribution in [1.82, 2.24) is 0 Å². The summed E-state index contributed by atoms with van der Waals surface area (Å²) >= 11 is 0. The molecule has 0 aromatic heterocycles. The third kappa shape index (κ3) is 48.0. The first-order valence-electron chi connectivity index (χ1n) is 25.8. The SMILES string of the molecule is CCCC/C=C\CCCCCCC(=O)OCC(COC(=O)CCCCCCC\C=C/C=C\C=C/CCCCCCC)OC(=O)CCCCCCCCC/C=C\CCCCCC. The molecule has 0 fully saturated rings. The highest BCUT2D eigenvalue weighted by Crippen LogP contribution is 2.14. The number of carbonyl (C=O) groups is 3. The third-order valence-corrected chi connectivity index (χ3v) is 11.0. The van der Waals surface area contributed by atoms with Crippen molar-refractivity contribution < 1.29 is 28.6 Å². The second-order valence-corrected chi connectivity index (χ2v) is 17.1. The zero-order valence-electron chi connectivity index (χ0n) is 40.2. The van der Waals surface area contributed by atoms with Gasteiger partial charge in [-0.3, -0.25) is 14.4 Å². The first kappa shape index (κ1) is 58.1. The van der Waals surface area contributed by atoms with Crippen molar-refractivity contribution in [1.29, 1.82) is 0 Å². The molecule has 0 N–H and O–H groups in total. The molecule has 6 nitrogen and oxygen atoms in total. The van der Waals surface area contributed by atoms with Gasteiger partial charge in [0.2, 0.25) is 0 Å². The van der Waals surface area contributed by atoms with Gasteiger partial charge in [0, 0.05) is 19.3 Å². The lowest BCUT2D eigenvalue weighted by Crippen LogP contribution is -2.30. The van der Waals surface area contributed by atoms with Crippen molar-refractivity contribution in [3.8, 4) is 0 Å². The molecule has 1 unspecified atom stereocenters. The van der Waals surface area contributed by atoms with Gasteiger partial charge < -0.3 is 14.2 Å². The van der Waals surface area contributed by atoms with E-state index in [4.69, 9.17) is 14.2 Å². The zero-order chi connectivity index (χ0) is 44.4. The van der Waals surface area contributed by atoms with Crippen LogP contribution in [0.25, 0.3) is 0 Å². The number of carbonyl (C=O) groups excluding carboxylic acids is 3. The minimum atomic E-state index is -0.787. The summed E-state index contributed by atoms with van der Waals surface area (Å²) in [5.74, 6) is -0.923. The normalized spacial score (nSPS) is 12.5. The van der Waals surface area contributed by atoms with Gasteiger partial charge in [-0.25, -0.2) is 0 Å². The number of hydrogen-bond acceptors (Lipinski definition) is 6. The second kappa shape index (κ2) is 49.8. The molecular weight excluding hydrogens is 757 g/mol. The Morgan fingerprint density at radius 1 is 0.328 bits per heavy atom. The van der Waals surface area contributed by atoms with Crippen LogP contribution in [0.1, 0.15) is 252 Å². The first-order chi connectivity index (χ1) is 30.0. The first-order valence-corrected chi connectivity index (χ1v) is 25.8. The van der Waals surface area contributed by atoms with E-state index in [1.54, 1.807) is 0 Å². The number of hydrogen-bond donors (Lipinski definition) is 0. The highest BCUT2D eigenvalue weighted by Gasteiger charge is 2.19. The van der Waals surface area contributed by atoms with E-state index in [1.165, 1.54) is 116 Å². The number of unbranched alkanes of at least 4 members (excludes halogenated alkanes) is 27. The molecule has 0 saturated heterocycles. The topological polar surface area (TPSA) is 78.9 Å². The van der Waals surface area contributed by atoms with E-state index in [1.807, 2.05) is 0 Å². The fraction of sp³-hybridized carbons (Fsp3) is 0.764. The molecule has 6 heteroatoms. The van der Waals surface area contributed by atoms with Crippen molar-refractivity contribution in [2.75, 3.05) is 13.2 Å². The molecule has 0 amide bonds. The number of allylic oxidation sites excluding steroid dienone is 10. The Bertz CT molecular complexity index is 1120. The molecule has 0 saturated carbocycles. The molecule has 0 spiro atoms. The second-order valence-electron chi connectivity index (χ2n) is 17.1. The van der Waals surface area contributed by atoms with Gasteiger partial charge in [0.15, 0.2) is 6.10 Å². The fourth-order valence-corrected chi connectivity index (χ4v) is 7.07. The van der Waals surface area contributed by atoms with E-state index in [-0.39, 0.29) is 31.1 Å². The lowest BCUT2D eigenvalue weighted by Gasteiger charge is -2.18. The van der Waals surface area contributed by atoms with Crippen molar-refractivity contribution in [2.45, 2.75) is 258 Å². The van der Waals surface area contributed by atoms with Crippen molar-refractivity contribution in [3.63, 3.8) is 0 Å². The molecule has 0 bridgehead atoms. The van der Waals surface area contributed by atoms with Crippen LogP contribution in [-0.4, -0.2) is 37.2 Å². The largest absolute Gasteiger partial charge is 0.462 e. The smallest absolute Gasteiger partial charge is 0.306 e. The molecule has 1 atom stereocenters. The summed E-state index contributed by atoms with van der Waals surface area (Å²) in [6.45, 7) is 6.54. The van der Waals surface area contributed by atoms with Gasteiger partial charge in [-0.1, -0.05) is 204 Å². The summed E-state index contributed by atoms with van der Waals surface area (Å²) in [5, 5.41) is 0. The lowest BCUT2D eigenvalue weighted by atomic mass is 10.1. The maximum Gasteiger partial charge on any atom is 0.306 e. The summed E-state index contributed by atoms with van der Waals surface area (Å²) in [7, 11) is 0. The van der Waals surface area contributed by atoms with Crippen LogP contribution in [0.2, 0.25) is 0 Å². The molecule has 0 aliphatic carbocycles. The molecule has 0 radical (unpaired) electrons. The van der Waals surface area contributed by atoms with Crippen LogP contribution in [0.15, 0.2) is 60.8 Å². The third-order valence-electron chi connectivity index (χ3n) is 11.0. The van der Waals surface area contributed by atoms with Gasteiger partial charge in [-0.05, 0) is 89.9 Å². The van der Waals surface area contributed by atoms with E-state index in [9.17, 15) is 14.4 Å². The van der Waals surface area contributed by atoms with Crippen LogP contribution in [0.5, 0.6) is 0 Å². The Kier molecular flexibility index (Phi) is 47.4. The zero-order valence-corrected chi connectivity index (χ0v) is 40.2. The number of esters is 3. The van der Waals surface area contributed by atoms with Crippen LogP contribution in [0.3, 0.4) is 0 Å². The van der Waals surface area contributed by atoms with Gasteiger partial charge in [0.1, 0.15) is 13.2 Å². The van der Waals surface area contributed by atoms with E-state index in [0.717, 1.165) is 96.3 Å². The predicted molar refractivity (Wildman–Crippen MR) is 261 cm³/mol. The lowest BCUT2D eigenvalue weighted by molar-refractivity contribution is -0.167. The van der Waals surface area contributed by atoms with Crippen LogP contribution < -0.4 is 0 Å². The Morgan fingerprint density at radius 2 is 0.623 bits per heavy atom. The molecule has 61 heavy (non-hydrogen) atoms. The van der Waals surface area contributed by atoms with Crippen LogP contribution in [0.4, 0.5) is 0 Å². The minimum absolute atomic E-state index is 0.0887. The number of ether oxygens (including phenoxy) is 3. The summed E-state index contributed by atoms with van der Waals surface area (Å²) in [4.78, 5) is 37.9. The predicted octanol–water partition coefficient (Wildman–Crippen LogP) is 16.9. The average molecular weight is 853 g/mol. The average Bonchev–Trinajstić information content (AvgIpc) is 3.26. The van der Waals surface area contributed by atoms with Crippen molar-refractivity contribution >= 4 is 17.9 Å². The maximum absolute atomic E-state index is 12.8. The summed E-state index contributed by atoms with van der Waals surface area (Å²) < 4.78 is 16.7.